The molecule has 0 radical (unpaired) electrons. The first-order valence-corrected chi connectivity index (χ1v) is 12.5. The molecule has 1 aromatic heterocycles. The van der Waals surface area contributed by atoms with Gasteiger partial charge in [-0.05, 0) is 40.2 Å². The summed E-state index contributed by atoms with van der Waals surface area (Å²) in [5, 5.41) is 4.61. The van der Waals surface area contributed by atoms with Gasteiger partial charge in [0.1, 0.15) is 16.9 Å². The van der Waals surface area contributed by atoms with E-state index in [0.29, 0.717) is 16.6 Å². The van der Waals surface area contributed by atoms with Crippen LogP contribution < -0.4 is 4.43 Å². The quantitative estimate of drug-likeness (QED) is 0.320. The Kier molecular flexibility index (Phi) is 4.74. The van der Waals surface area contributed by atoms with Crippen molar-refractivity contribution in [1.29, 1.82) is 0 Å². The molecule has 4 rings (SSSR count). The highest BCUT2D eigenvalue weighted by Crippen LogP contribution is 2.46. The van der Waals surface area contributed by atoms with Crippen molar-refractivity contribution in [2.24, 2.45) is 0 Å². The molecule has 28 heavy (non-hydrogen) atoms. The molecule has 0 aliphatic carbocycles. The number of hydrogen-bond acceptors (Lipinski definition) is 2. The normalized spacial score (nSPS) is 12.9. The Labute approximate surface area is 168 Å². The molecule has 0 bridgehead atoms. The van der Waals surface area contributed by atoms with Gasteiger partial charge in [-0.2, -0.15) is 0 Å². The van der Waals surface area contributed by atoms with Gasteiger partial charge in [-0.25, -0.2) is 0 Å². The van der Waals surface area contributed by atoms with Crippen molar-refractivity contribution in [1.82, 2.24) is 0 Å². The minimum Gasteiger partial charge on any atom is -0.542 e. The minimum atomic E-state index is -2.04. The van der Waals surface area contributed by atoms with Crippen molar-refractivity contribution in [2.75, 3.05) is 0 Å². The second kappa shape index (κ2) is 6.96. The van der Waals surface area contributed by atoms with Crippen LogP contribution in [0.5, 0.6) is 5.75 Å². The zero-order valence-electron chi connectivity index (χ0n) is 17.7. The summed E-state index contributed by atoms with van der Waals surface area (Å²) in [6.07, 6.45) is 0. The molecule has 0 saturated heterocycles. The standard InChI is InChI=1S/C25H30O2Si/c1-16(2)28(17(3)4,18(5)6)27-23-13-9-12-22-24(23)21-15-14-19-10-7-8-11-20(19)25(21)26-22/h7-18H,1-6H3. The molecule has 0 spiro atoms. The SMILES string of the molecule is CC(C)[Si](Oc1cccc2oc3c4ccccc4ccc3c12)(C(C)C)C(C)C. The molecule has 0 N–H and O–H groups in total. The minimum absolute atomic E-state index is 0.529. The van der Waals surface area contributed by atoms with E-state index < -0.39 is 8.32 Å². The topological polar surface area (TPSA) is 22.4 Å². The Morgan fingerprint density at radius 3 is 2.07 bits per heavy atom. The first kappa shape index (κ1) is 19.1. The molecule has 3 heteroatoms. The van der Waals surface area contributed by atoms with Gasteiger partial charge >= 0.3 is 0 Å². The third kappa shape index (κ3) is 2.76. The summed E-state index contributed by atoms with van der Waals surface area (Å²) in [5.41, 5.74) is 3.45. The van der Waals surface area contributed by atoms with Crippen LogP contribution in [0.15, 0.2) is 59.0 Å². The number of benzene rings is 3. The van der Waals surface area contributed by atoms with Gasteiger partial charge in [-0.3, -0.25) is 0 Å². The van der Waals surface area contributed by atoms with Crippen molar-refractivity contribution in [2.45, 2.75) is 58.2 Å². The number of rotatable bonds is 5. The van der Waals surface area contributed by atoms with Gasteiger partial charge in [0.25, 0.3) is 8.32 Å². The maximum atomic E-state index is 7.06. The molecule has 0 fully saturated rings. The van der Waals surface area contributed by atoms with Crippen LogP contribution in [0.1, 0.15) is 41.5 Å². The van der Waals surface area contributed by atoms with E-state index in [1.54, 1.807) is 0 Å². The van der Waals surface area contributed by atoms with Crippen LogP contribution in [0.4, 0.5) is 0 Å². The Morgan fingerprint density at radius 1 is 0.714 bits per heavy atom. The summed E-state index contributed by atoms with van der Waals surface area (Å²) in [7, 11) is -2.04. The highest BCUT2D eigenvalue weighted by atomic mass is 28.4. The van der Waals surface area contributed by atoms with Gasteiger partial charge in [0.2, 0.25) is 0 Å². The molecule has 3 aromatic carbocycles. The second-order valence-corrected chi connectivity index (χ2v) is 14.2. The number of furan rings is 1. The second-order valence-electron chi connectivity index (χ2n) is 8.81. The lowest BCUT2D eigenvalue weighted by molar-refractivity contribution is 0.484. The zero-order chi connectivity index (χ0) is 20.1. The monoisotopic (exact) mass is 390 g/mol. The fourth-order valence-electron chi connectivity index (χ4n) is 5.15. The molecular formula is C25H30O2Si. The van der Waals surface area contributed by atoms with Crippen molar-refractivity contribution in [3.63, 3.8) is 0 Å². The van der Waals surface area contributed by atoms with E-state index in [4.69, 9.17) is 8.84 Å². The van der Waals surface area contributed by atoms with E-state index in [9.17, 15) is 0 Å². The van der Waals surface area contributed by atoms with E-state index in [-0.39, 0.29) is 0 Å². The fourth-order valence-corrected chi connectivity index (χ4v) is 10.4. The van der Waals surface area contributed by atoms with Crippen molar-refractivity contribution in [3.8, 4) is 5.75 Å². The smallest absolute Gasteiger partial charge is 0.258 e. The summed E-state index contributed by atoms with van der Waals surface area (Å²) < 4.78 is 13.4. The number of hydrogen-bond donors (Lipinski definition) is 0. The fraction of sp³-hybridized carbons (Fsp3) is 0.360. The first-order valence-electron chi connectivity index (χ1n) is 10.4. The average Bonchev–Trinajstić information content (AvgIpc) is 3.05. The summed E-state index contributed by atoms with van der Waals surface area (Å²) in [5.74, 6) is 0.981. The predicted octanol–water partition coefficient (Wildman–Crippen LogP) is 8.29. The maximum Gasteiger partial charge on any atom is 0.258 e. The van der Waals surface area contributed by atoms with Crippen LogP contribution in [-0.4, -0.2) is 8.32 Å². The van der Waals surface area contributed by atoms with E-state index >= 15 is 0 Å². The molecule has 4 aromatic rings. The van der Waals surface area contributed by atoms with Gasteiger partial charge in [0.15, 0.2) is 0 Å². The van der Waals surface area contributed by atoms with Crippen molar-refractivity contribution in [3.05, 3.63) is 54.6 Å². The van der Waals surface area contributed by atoms with Crippen LogP contribution in [0.3, 0.4) is 0 Å². The van der Waals surface area contributed by atoms with Crippen LogP contribution in [0.2, 0.25) is 16.6 Å². The van der Waals surface area contributed by atoms with E-state index in [1.807, 2.05) is 0 Å². The zero-order valence-corrected chi connectivity index (χ0v) is 18.7. The summed E-state index contributed by atoms with van der Waals surface area (Å²) >= 11 is 0. The lowest BCUT2D eigenvalue weighted by atomic mass is 10.1. The molecule has 0 saturated carbocycles. The predicted molar refractivity (Wildman–Crippen MR) is 123 cm³/mol. The molecular weight excluding hydrogens is 360 g/mol. The third-order valence-corrected chi connectivity index (χ3v) is 12.3. The van der Waals surface area contributed by atoms with Crippen LogP contribution in [0, 0.1) is 0 Å². The van der Waals surface area contributed by atoms with Gasteiger partial charge in [-0.15, -0.1) is 0 Å². The Bertz CT molecular complexity index is 1120. The molecule has 0 unspecified atom stereocenters. The Balaban J connectivity index is 1.98. The summed E-state index contributed by atoms with van der Waals surface area (Å²) in [4.78, 5) is 0. The first-order chi connectivity index (χ1) is 13.4. The molecule has 1 heterocycles. The van der Waals surface area contributed by atoms with Crippen molar-refractivity contribution >= 4 is 41.0 Å². The van der Waals surface area contributed by atoms with Gasteiger partial charge in [0, 0.05) is 10.8 Å². The summed E-state index contributed by atoms with van der Waals surface area (Å²) in [6.45, 7) is 14.0. The van der Waals surface area contributed by atoms with E-state index in [1.165, 1.54) is 5.39 Å². The largest absolute Gasteiger partial charge is 0.542 e. The van der Waals surface area contributed by atoms with E-state index in [2.05, 4.69) is 96.1 Å². The highest BCUT2D eigenvalue weighted by molar-refractivity contribution is 6.78. The molecule has 0 aliphatic heterocycles. The Hall–Kier alpha value is -2.26. The molecule has 146 valence electrons. The van der Waals surface area contributed by atoms with Crippen LogP contribution in [0.25, 0.3) is 32.7 Å². The van der Waals surface area contributed by atoms with Crippen LogP contribution >= 0.6 is 0 Å². The molecule has 0 aliphatic rings. The van der Waals surface area contributed by atoms with Gasteiger partial charge in [0.05, 0.1) is 5.39 Å². The molecule has 2 nitrogen and oxygen atoms in total. The average molecular weight is 391 g/mol. The molecule has 0 amide bonds. The van der Waals surface area contributed by atoms with Gasteiger partial charge < -0.3 is 8.84 Å². The van der Waals surface area contributed by atoms with Crippen molar-refractivity contribution < 1.29 is 8.84 Å². The highest BCUT2D eigenvalue weighted by Gasteiger charge is 2.47. The van der Waals surface area contributed by atoms with E-state index in [0.717, 1.165) is 33.1 Å². The Morgan fingerprint density at radius 2 is 1.39 bits per heavy atom. The summed E-state index contributed by atoms with van der Waals surface area (Å²) in [6, 6.07) is 19.0. The third-order valence-electron chi connectivity index (χ3n) is 6.34. The molecule has 0 atom stereocenters. The van der Waals surface area contributed by atoms with Gasteiger partial charge in [-0.1, -0.05) is 77.9 Å². The maximum absolute atomic E-state index is 7.06. The lowest BCUT2D eigenvalue weighted by Crippen LogP contribution is -2.50. The van der Waals surface area contributed by atoms with Crippen LogP contribution in [-0.2, 0) is 0 Å². The lowest BCUT2D eigenvalue weighted by Gasteiger charge is -2.42. The number of fused-ring (bicyclic) bond motifs is 5.